The van der Waals surface area contributed by atoms with Crippen LogP contribution in [0.15, 0.2) is 146 Å². The Labute approximate surface area is 223 Å². The van der Waals surface area contributed by atoms with Gasteiger partial charge in [-0.25, -0.2) is 0 Å². The van der Waals surface area contributed by atoms with Gasteiger partial charge >= 0.3 is 0 Å². The van der Waals surface area contributed by atoms with E-state index >= 15 is 0 Å². The maximum atomic E-state index is 2.32. The molecular formula is C38H26. The van der Waals surface area contributed by atoms with Crippen molar-refractivity contribution in [3.63, 3.8) is 0 Å². The third kappa shape index (κ3) is 3.17. The fourth-order valence-electron chi connectivity index (χ4n) is 6.77. The van der Waals surface area contributed by atoms with Crippen LogP contribution in [-0.2, 0) is 0 Å². The lowest BCUT2D eigenvalue weighted by molar-refractivity contribution is 1.01. The average molecular weight is 483 g/mol. The molecule has 0 nitrogen and oxygen atoms in total. The first-order valence-electron chi connectivity index (χ1n) is 13.4. The van der Waals surface area contributed by atoms with Gasteiger partial charge in [0.2, 0.25) is 0 Å². The Morgan fingerprint density at radius 3 is 0.816 bits per heavy atom. The molecule has 0 fully saturated rings. The number of hydrogen-bond donors (Lipinski definition) is 0. The van der Waals surface area contributed by atoms with Crippen LogP contribution in [0.3, 0.4) is 0 Å². The molecule has 0 N–H and O–H groups in total. The smallest absolute Gasteiger partial charge is 0.0352 e. The van der Waals surface area contributed by atoms with Gasteiger partial charge in [-0.2, -0.15) is 0 Å². The molecule has 0 amide bonds. The Bertz CT molecular complexity index is 1580. The van der Waals surface area contributed by atoms with E-state index in [-0.39, 0.29) is 0 Å². The molecule has 0 saturated heterocycles. The fourth-order valence-corrected chi connectivity index (χ4v) is 6.77. The number of rotatable bonds is 3. The van der Waals surface area contributed by atoms with Crippen LogP contribution in [0.2, 0.25) is 0 Å². The van der Waals surface area contributed by atoms with Gasteiger partial charge in [-0.3, -0.25) is 0 Å². The maximum Gasteiger partial charge on any atom is 0.0352 e. The van der Waals surface area contributed by atoms with E-state index in [1.807, 2.05) is 0 Å². The Morgan fingerprint density at radius 2 is 0.526 bits per heavy atom. The predicted molar refractivity (Wildman–Crippen MR) is 158 cm³/mol. The first kappa shape index (κ1) is 21.4. The summed E-state index contributed by atoms with van der Waals surface area (Å²) in [5.74, 6) is 0.586. The molecule has 38 heavy (non-hydrogen) atoms. The second-order valence-electron chi connectivity index (χ2n) is 10.5. The zero-order chi connectivity index (χ0) is 25.1. The summed E-state index contributed by atoms with van der Waals surface area (Å²) >= 11 is 0. The minimum atomic E-state index is 0.293. The summed E-state index contributed by atoms with van der Waals surface area (Å²) in [6, 6.07) is 53.8. The van der Waals surface area contributed by atoms with Crippen molar-refractivity contribution in [3.8, 4) is 33.4 Å². The van der Waals surface area contributed by atoms with Gasteiger partial charge in [-0.1, -0.05) is 146 Å². The average Bonchev–Trinajstić information content (AvgIpc) is 3.51. The molecule has 0 spiro atoms. The van der Waals surface area contributed by atoms with E-state index in [9.17, 15) is 0 Å². The van der Waals surface area contributed by atoms with Gasteiger partial charge in [0.15, 0.2) is 0 Å². The van der Waals surface area contributed by atoms with Crippen LogP contribution in [0.5, 0.6) is 0 Å². The standard InChI is InChI=1S/C38H26/c1-5-13-33-29(9-1)30-10-2-6-14-34(30)37(33)27-21-17-25(18-22-27)26-19-23-28(24-20-26)38-35-15-7-3-11-31(35)32-12-4-8-16-36(32)38/h1-24,37-38H. The van der Waals surface area contributed by atoms with Gasteiger partial charge in [-0.15, -0.1) is 0 Å². The van der Waals surface area contributed by atoms with Crippen LogP contribution in [0, 0.1) is 0 Å². The highest BCUT2D eigenvalue weighted by molar-refractivity contribution is 5.82. The number of benzene rings is 6. The molecule has 0 atom stereocenters. The van der Waals surface area contributed by atoms with Crippen LogP contribution in [0.25, 0.3) is 33.4 Å². The monoisotopic (exact) mass is 482 g/mol. The SMILES string of the molecule is c1ccc2c(c1)-c1ccccc1C2c1ccc(-c2ccc(C3c4ccccc4-c4ccccc43)cc2)cc1. The largest absolute Gasteiger partial charge is 0.0619 e. The van der Waals surface area contributed by atoms with Gasteiger partial charge in [0, 0.05) is 11.8 Å². The van der Waals surface area contributed by atoms with Crippen molar-refractivity contribution >= 4 is 0 Å². The van der Waals surface area contributed by atoms with Crippen LogP contribution in [0.4, 0.5) is 0 Å². The van der Waals surface area contributed by atoms with Crippen molar-refractivity contribution in [2.45, 2.75) is 11.8 Å². The molecule has 0 saturated carbocycles. The Morgan fingerprint density at radius 1 is 0.263 bits per heavy atom. The van der Waals surface area contributed by atoms with Crippen molar-refractivity contribution in [3.05, 3.63) is 179 Å². The summed E-state index contributed by atoms with van der Waals surface area (Å²) in [4.78, 5) is 0. The van der Waals surface area contributed by atoms with Gasteiger partial charge < -0.3 is 0 Å². The van der Waals surface area contributed by atoms with E-state index in [1.54, 1.807) is 0 Å². The Balaban J connectivity index is 1.13. The molecule has 0 radical (unpaired) electrons. The van der Waals surface area contributed by atoms with E-state index in [2.05, 4.69) is 146 Å². The summed E-state index contributed by atoms with van der Waals surface area (Å²) in [5, 5.41) is 0. The molecule has 6 aromatic carbocycles. The highest BCUT2D eigenvalue weighted by Crippen LogP contribution is 2.49. The molecule has 8 rings (SSSR count). The first-order chi connectivity index (χ1) is 18.9. The third-order valence-electron chi connectivity index (χ3n) is 8.49. The number of hydrogen-bond acceptors (Lipinski definition) is 0. The maximum absolute atomic E-state index is 2.32. The first-order valence-corrected chi connectivity index (χ1v) is 13.4. The van der Waals surface area contributed by atoms with E-state index < -0.39 is 0 Å². The lowest BCUT2D eigenvalue weighted by atomic mass is 9.87. The molecule has 0 aromatic heterocycles. The summed E-state index contributed by atoms with van der Waals surface area (Å²) in [7, 11) is 0. The topological polar surface area (TPSA) is 0 Å². The molecule has 0 heterocycles. The molecule has 0 unspecified atom stereocenters. The fraction of sp³-hybridized carbons (Fsp3) is 0.0526. The lowest BCUT2D eigenvalue weighted by Gasteiger charge is -2.16. The Hall–Kier alpha value is -4.68. The van der Waals surface area contributed by atoms with E-state index in [1.165, 1.54) is 66.8 Å². The second-order valence-corrected chi connectivity index (χ2v) is 10.5. The van der Waals surface area contributed by atoms with E-state index in [4.69, 9.17) is 0 Å². The van der Waals surface area contributed by atoms with Gasteiger partial charge in [0.25, 0.3) is 0 Å². The summed E-state index contributed by atoms with van der Waals surface area (Å²) in [6.07, 6.45) is 0. The highest BCUT2D eigenvalue weighted by atomic mass is 14.3. The molecular weight excluding hydrogens is 456 g/mol. The second kappa shape index (κ2) is 8.43. The van der Waals surface area contributed by atoms with Gasteiger partial charge in [0.1, 0.15) is 0 Å². The third-order valence-corrected chi connectivity index (χ3v) is 8.49. The van der Waals surface area contributed by atoms with Crippen molar-refractivity contribution < 1.29 is 0 Å². The minimum absolute atomic E-state index is 0.293. The van der Waals surface area contributed by atoms with E-state index in [0.717, 1.165) is 0 Å². The molecule has 0 bridgehead atoms. The molecule has 0 heteroatoms. The summed E-state index contributed by atoms with van der Waals surface area (Å²) in [5.41, 5.74) is 16.3. The minimum Gasteiger partial charge on any atom is -0.0619 e. The van der Waals surface area contributed by atoms with Crippen LogP contribution >= 0.6 is 0 Å². The van der Waals surface area contributed by atoms with Crippen LogP contribution in [-0.4, -0.2) is 0 Å². The van der Waals surface area contributed by atoms with Crippen molar-refractivity contribution in [1.29, 1.82) is 0 Å². The number of fused-ring (bicyclic) bond motifs is 6. The van der Waals surface area contributed by atoms with Crippen LogP contribution < -0.4 is 0 Å². The predicted octanol–water partition coefficient (Wildman–Crippen LogP) is 9.67. The molecule has 2 aliphatic carbocycles. The summed E-state index contributed by atoms with van der Waals surface area (Å²) < 4.78 is 0. The normalized spacial score (nSPS) is 13.6. The quantitative estimate of drug-likeness (QED) is 0.235. The van der Waals surface area contributed by atoms with Crippen molar-refractivity contribution in [1.82, 2.24) is 0 Å². The molecule has 0 aliphatic heterocycles. The molecule has 6 aromatic rings. The van der Waals surface area contributed by atoms with Crippen molar-refractivity contribution in [2.24, 2.45) is 0 Å². The highest BCUT2D eigenvalue weighted by Gasteiger charge is 2.30. The molecule has 2 aliphatic rings. The molecule has 178 valence electrons. The lowest BCUT2D eigenvalue weighted by Crippen LogP contribution is -1.99. The Kier molecular flexibility index (Phi) is 4.75. The van der Waals surface area contributed by atoms with Gasteiger partial charge in [0.05, 0.1) is 0 Å². The zero-order valence-electron chi connectivity index (χ0n) is 21.0. The zero-order valence-corrected chi connectivity index (χ0v) is 21.0. The van der Waals surface area contributed by atoms with Crippen LogP contribution in [0.1, 0.15) is 45.2 Å². The van der Waals surface area contributed by atoms with Crippen molar-refractivity contribution in [2.75, 3.05) is 0 Å². The van der Waals surface area contributed by atoms with Gasteiger partial charge in [-0.05, 0) is 66.8 Å². The van der Waals surface area contributed by atoms with E-state index in [0.29, 0.717) is 11.8 Å². The summed E-state index contributed by atoms with van der Waals surface area (Å²) in [6.45, 7) is 0.